The minimum atomic E-state index is -0.576. The molecule has 3 aromatic heterocycles. The summed E-state index contributed by atoms with van der Waals surface area (Å²) in [5.41, 5.74) is 8.11. The lowest BCUT2D eigenvalue weighted by molar-refractivity contribution is -0.133. The van der Waals surface area contributed by atoms with Crippen molar-refractivity contribution < 1.29 is 23.2 Å². The highest BCUT2D eigenvalue weighted by Crippen LogP contribution is 2.35. The topological polar surface area (TPSA) is 140 Å². The number of nitrogens with one attached hydrogen (secondary N) is 3. The van der Waals surface area contributed by atoms with Crippen molar-refractivity contribution in [3.05, 3.63) is 117 Å². The van der Waals surface area contributed by atoms with Crippen molar-refractivity contribution in [3.8, 4) is 5.69 Å². The van der Waals surface area contributed by atoms with Gasteiger partial charge in [-0.15, -0.1) is 0 Å². The van der Waals surface area contributed by atoms with Crippen LogP contribution >= 0.6 is 0 Å². The Bertz CT molecular complexity index is 2880. The van der Waals surface area contributed by atoms with E-state index in [1.54, 1.807) is 22.9 Å². The van der Waals surface area contributed by atoms with Gasteiger partial charge in [-0.25, -0.2) is 13.8 Å². The number of fused-ring (bicyclic) bond motifs is 2. The molecule has 10 rings (SSSR count). The van der Waals surface area contributed by atoms with Gasteiger partial charge >= 0.3 is 0 Å². The van der Waals surface area contributed by atoms with Gasteiger partial charge in [-0.05, 0) is 118 Å². The maximum Gasteiger partial charge on any atom is 0.260 e. The second-order valence-corrected chi connectivity index (χ2v) is 19.4. The van der Waals surface area contributed by atoms with Crippen LogP contribution in [-0.4, -0.2) is 118 Å². The fourth-order valence-corrected chi connectivity index (χ4v) is 11.3. The smallest absolute Gasteiger partial charge is 0.260 e. The van der Waals surface area contributed by atoms with Gasteiger partial charge in [0.1, 0.15) is 23.3 Å². The SMILES string of the molecule is Cc1cc(C(=O)N2CCC(CN3CCN(c4ccc(NC5CCC(=O)NC5=O)cc4F)C[C@H]3C)CC2)cc(F)c1C1=CCN([C@@H](C)c2cc3c(-n4ccc5c(c4=O)CCN5)ccnc3n2C)CC1. The quantitative estimate of drug-likeness (QED) is 0.135. The van der Waals surface area contributed by atoms with E-state index in [4.69, 9.17) is 4.98 Å². The molecule has 356 valence electrons. The van der Waals surface area contributed by atoms with Crippen LogP contribution in [0, 0.1) is 24.5 Å². The highest BCUT2D eigenvalue weighted by molar-refractivity contribution is 6.01. The first-order chi connectivity index (χ1) is 32.8. The minimum Gasteiger partial charge on any atom is -0.384 e. The number of aryl methyl sites for hydroxylation is 2. The molecule has 0 aliphatic carbocycles. The maximum absolute atomic E-state index is 16.1. The van der Waals surface area contributed by atoms with Gasteiger partial charge in [-0.1, -0.05) is 6.08 Å². The standard InChI is InChI=1S/C52H60F2N10O4/c1-31-25-36(51(67)61-18-11-34(12-19-61)30-62-23-24-63(29-32(62)2)45-7-5-37(27-40(45)53)57-43-6-8-47(65)58-50(43)66)26-41(54)48(31)35-13-20-60(21-14-35)33(3)46-28-39-44(10-17-56-49(39)59(46)4)64-22-15-42-38(52(64)68)9-16-55-42/h5,7,10,13,15,17,22,25-28,32-34,43,55,57H,6,8-9,11-12,14,16,18-21,23-24,29-30H2,1-4H3,(H,58,65,66)/t32-,33+,43?/m1/s1. The number of nitrogens with zero attached hydrogens (tertiary/aromatic N) is 7. The normalized spacial score (nSPS) is 21.1. The number of carbonyl (C=O) groups is 3. The number of piperazine rings is 1. The molecule has 3 amide bonds. The van der Waals surface area contributed by atoms with Crippen molar-refractivity contribution in [2.75, 3.05) is 74.4 Å². The van der Waals surface area contributed by atoms with Crippen LogP contribution in [0.15, 0.2) is 71.8 Å². The molecule has 16 heteroatoms. The van der Waals surface area contributed by atoms with E-state index in [0.29, 0.717) is 80.4 Å². The van der Waals surface area contributed by atoms with Crippen LogP contribution in [0.4, 0.5) is 25.8 Å². The Morgan fingerprint density at radius 3 is 2.49 bits per heavy atom. The molecule has 5 aliphatic heterocycles. The predicted octanol–water partition coefficient (Wildman–Crippen LogP) is 6.41. The van der Waals surface area contributed by atoms with Crippen molar-refractivity contribution in [2.24, 2.45) is 13.0 Å². The monoisotopic (exact) mass is 926 g/mol. The number of aromatic nitrogens is 3. The summed E-state index contributed by atoms with van der Waals surface area (Å²) < 4.78 is 35.4. The Balaban J connectivity index is 0.724. The lowest BCUT2D eigenvalue weighted by Crippen LogP contribution is -2.54. The van der Waals surface area contributed by atoms with E-state index in [1.165, 1.54) is 12.1 Å². The van der Waals surface area contributed by atoms with Crippen LogP contribution in [0.5, 0.6) is 0 Å². The lowest BCUT2D eigenvalue weighted by atomic mass is 9.92. The molecule has 0 radical (unpaired) electrons. The molecule has 3 fully saturated rings. The van der Waals surface area contributed by atoms with E-state index in [2.05, 4.69) is 61.2 Å². The summed E-state index contributed by atoms with van der Waals surface area (Å²) in [5.74, 6) is -1.13. The predicted molar refractivity (Wildman–Crippen MR) is 260 cm³/mol. The van der Waals surface area contributed by atoms with E-state index >= 15 is 8.78 Å². The Hall–Kier alpha value is -6.39. The number of piperidine rings is 2. The minimum absolute atomic E-state index is 0.00658. The van der Waals surface area contributed by atoms with Gasteiger partial charge in [0.2, 0.25) is 11.8 Å². The zero-order valence-corrected chi connectivity index (χ0v) is 39.3. The van der Waals surface area contributed by atoms with E-state index in [0.717, 1.165) is 83.8 Å². The number of carbonyl (C=O) groups excluding carboxylic acids is 3. The summed E-state index contributed by atoms with van der Waals surface area (Å²) in [4.78, 5) is 64.4. The van der Waals surface area contributed by atoms with Gasteiger partial charge < -0.3 is 25.0 Å². The fraction of sp³-hybridized carbons (Fsp3) is 0.442. The first-order valence-corrected chi connectivity index (χ1v) is 24.2. The van der Waals surface area contributed by atoms with Crippen LogP contribution in [0.25, 0.3) is 22.3 Å². The summed E-state index contributed by atoms with van der Waals surface area (Å²) in [6.07, 6.45) is 9.42. The van der Waals surface area contributed by atoms with Gasteiger partial charge in [0.15, 0.2) is 0 Å². The van der Waals surface area contributed by atoms with Crippen LogP contribution < -0.4 is 26.4 Å². The molecule has 8 heterocycles. The van der Waals surface area contributed by atoms with Gasteiger partial charge in [0.25, 0.3) is 11.5 Å². The van der Waals surface area contributed by atoms with Crippen LogP contribution in [0.1, 0.15) is 84.7 Å². The summed E-state index contributed by atoms with van der Waals surface area (Å²) in [6.45, 7) is 12.6. The zero-order chi connectivity index (χ0) is 47.4. The number of imide groups is 1. The van der Waals surface area contributed by atoms with Crippen molar-refractivity contribution in [1.82, 2.24) is 34.1 Å². The van der Waals surface area contributed by atoms with Crippen molar-refractivity contribution in [3.63, 3.8) is 0 Å². The van der Waals surface area contributed by atoms with E-state index < -0.39 is 11.9 Å². The van der Waals surface area contributed by atoms with Crippen molar-refractivity contribution in [1.29, 1.82) is 0 Å². The summed E-state index contributed by atoms with van der Waals surface area (Å²) in [7, 11) is 2.02. The number of hydrogen-bond donors (Lipinski definition) is 3. The average Bonchev–Trinajstić information content (AvgIpc) is 3.96. The third-order valence-electron chi connectivity index (χ3n) is 15.2. The maximum atomic E-state index is 16.1. The Labute approximate surface area is 395 Å². The summed E-state index contributed by atoms with van der Waals surface area (Å²) in [5, 5.41) is 9.59. The molecule has 0 spiro atoms. The van der Waals surface area contributed by atoms with E-state index in [1.807, 2.05) is 43.3 Å². The molecule has 0 bridgehead atoms. The molecule has 1 unspecified atom stereocenters. The van der Waals surface area contributed by atoms with Gasteiger partial charge in [-0.2, -0.15) is 0 Å². The molecule has 2 aromatic carbocycles. The third-order valence-corrected chi connectivity index (χ3v) is 15.2. The second kappa shape index (κ2) is 18.6. The lowest BCUT2D eigenvalue weighted by Gasteiger charge is -2.43. The Morgan fingerprint density at radius 1 is 0.926 bits per heavy atom. The second-order valence-electron chi connectivity index (χ2n) is 19.4. The van der Waals surface area contributed by atoms with Gasteiger partial charge in [-0.3, -0.25) is 38.9 Å². The first kappa shape index (κ1) is 45.4. The Kier molecular flexibility index (Phi) is 12.4. The number of pyridine rings is 2. The number of anilines is 3. The largest absolute Gasteiger partial charge is 0.384 e. The molecule has 3 N–H and O–H groups in total. The number of hydrogen-bond acceptors (Lipinski definition) is 10. The number of benzene rings is 2. The van der Waals surface area contributed by atoms with E-state index in [-0.39, 0.29) is 47.5 Å². The van der Waals surface area contributed by atoms with Crippen LogP contribution in [0.2, 0.25) is 0 Å². The molecule has 5 aromatic rings. The molecular weight excluding hydrogens is 867 g/mol. The number of likely N-dealkylation sites (tertiary alicyclic amines) is 1. The number of amides is 3. The number of halogens is 2. The van der Waals surface area contributed by atoms with E-state index in [9.17, 15) is 19.2 Å². The van der Waals surface area contributed by atoms with Crippen molar-refractivity contribution in [2.45, 2.75) is 77.4 Å². The third kappa shape index (κ3) is 8.68. The first-order valence-electron chi connectivity index (χ1n) is 24.2. The molecular formula is C52H60F2N10O4. The van der Waals surface area contributed by atoms with Crippen molar-refractivity contribution >= 4 is 51.4 Å². The average molecular weight is 927 g/mol. The number of rotatable bonds is 10. The highest BCUT2D eigenvalue weighted by Gasteiger charge is 2.32. The van der Waals surface area contributed by atoms with Crippen LogP contribution in [0.3, 0.4) is 0 Å². The molecule has 0 saturated carbocycles. The molecule has 68 heavy (non-hydrogen) atoms. The zero-order valence-electron chi connectivity index (χ0n) is 39.3. The summed E-state index contributed by atoms with van der Waals surface area (Å²) >= 11 is 0. The van der Waals surface area contributed by atoms with Crippen LogP contribution in [-0.2, 0) is 23.1 Å². The molecule has 3 atom stereocenters. The summed E-state index contributed by atoms with van der Waals surface area (Å²) in [6, 6.07) is 13.9. The highest BCUT2D eigenvalue weighted by atomic mass is 19.1. The molecule has 3 saturated heterocycles. The fourth-order valence-electron chi connectivity index (χ4n) is 11.3. The van der Waals surface area contributed by atoms with Gasteiger partial charge in [0.05, 0.1) is 11.4 Å². The Morgan fingerprint density at radius 2 is 1.75 bits per heavy atom. The molecule has 14 nitrogen and oxygen atoms in total. The molecule has 5 aliphatic rings. The van der Waals surface area contributed by atoms with Gasteiger partial charge in [0, 0.05) is 136 Å².